The molecule has 2 nitrogen and oxygen atoms in total. The highest BCUT2D eigenvalue weighted by molar-refractivity contribution is 14.1. The molecule has 2 aromatic carbocycles. The van der Waals surface area contributed by atoms with Crippen LogP contribution in [0.2, 0.25) is 0 Å². The SMILES string of the molecule is CNC(C)c1cccc(F)c1Oc1ccccc1I. The number of halogens is 2. The van der Waals surface area contributed by atoms with Crippen LogP contribution in [-0.2, 0) is 0 Å². The standard InChI is InChI=1S/C15H15FINO/c1-10(18-2)11-6-5-7-12(16)15(11)19-14-9-4-3-8-13(14)17/h3-10,18H,1-2H3. The Morgan fingerprint density at radius 2 is 1.89 bits per heavy atom. The fourth-order valence-electron chi connectivity index (χ4n) is 1.77. The van der Waals surface area contributed by atoms with Gasteiger partial charge in [0.15, 0.2) is 11.6 Å². The molecule has 1 atom stereocenters. The average molecular weight is 371 g/mol. The Balaban J connectivity index is 2.42. The Labute approximate surface area is 126 Å². The summed E-state index contributed by atoms with van der Waals surface area (Å²) in [5.41, 5.74) is 0.808. The van der Waals surface area contributed by atoms with Gasteiger partial charge in [-0.05, 0) is 54.8 Å². The molecule has 0 radical (unpaired) electrons. The number of hydrogen-bond donors (Lipinski definition) is 1. The van der Waals surface area contributed by atoms with Gasteiger partial charge in [-0.3, -0.25) is 0 Å². The third kappa shape index (κ3) is 3.25. The van der Waals surface area contributed by atoms with Crippen molar-refractivity contribution in [1.82, 2.24) is 5.32 Å². The maximum atomic E-state index is 14.0. The molecule has 1 unspecified atom stereocenters. The lowest BCUT2D eigenvalue weighted by molar-refractivity contribution is 0.426. The predicted molar refractivity (Wildman–Crippen MR) is 83.1 cm³/mol. The zero-order valence-corrected chi connectivity index (χ0v) is 12.9. The Kier molecular flexibility index (Phi) is 4.76. The van der Waals surface area contributed by atoms with Crippen LogP contribution < -0.4 is 10.1 Å². The van der Waals surface area contributed by atoms with E-state index in [-0.39, 0.29) is 17.6 Å². The van der Waals surface area contributed by atoms with Gasteiger partial charge in [0, 0.05) is 11.6 Å². The Bertz CT molecular complexity index is 574. The molecule has 0 spiro atoms. The van der Waals surface area contributed by atoms with Crippen LogP contribution in [0.25, 0.3) is 0 Å². The number of hydrogen-bond acceptors (Lipinski definition) is 2. The van der Waals surface area contributed by atoms with Crippen LogP contribution in [0, 0.1) is 9.39 Å². The minimum Gasteiger partial charge on any atom is -0.453 e. The van der Waals surface area contributed by atoms with Crippen LogP contribution in [0.3, 0.4) is 0 Å². The van der Waals surface area contributed by atoms with Gasteiger partial charge in [-0.1, -0.05) is 24.3 Å². The summed E-state index contributed by atoms with van der Waals surface area (Å²) < 4.78 is 20.7. The van der Waals surface area contributed by atoms with E-state index < -0.39 is 0 Å². The molecule has 4 heteroatoms. The molecule has 0 fully saturated rings. The van der Waals surface area contributed by atoms with E-state index in [1.54, 1.807) is 6.07 Å². The summed E-state index contributed by atoms with van der Waals surface area (Å²) in [6.07, 6.45) is 0. The second-order valence-corrected chi connectivity index (χ2v) is 5.36. The van der Waals surface area contributed by atoms with Gasteiger partial charge in [0.2, 0.25) is 0 Å². The van der Waals surface area contributed by atoms with Crippen LogP contribution in [-0.4, -0.2) is 7.05 Å². The number of nitrogens with one attached hydrogen (secondary N) is 1. The van der Waals surface area contributed by atoms with E-state index in [0.29, 0.717) is 5.75 Å². The number of benzene rings is 2. The van der Waals surface area contributed by atoms with Crippen molar-refractivity contribution in [3.05, 3.63) is 57.4 Å². The molecule has 0 amide bonds. The Morgan fingerprint density at radius 3 is 2.58 bits per heavy atom. The number of rotatable bonds is 4. The molecule has 19 heavy (non-hydrogen) atoms. The molecular weight excluding hydrogens is 356 g/mol. The minimum absolute atomic E-state index is 0.0204. The van der Waals surface area contributed by atoms with Crippen LogP contribution in [0.5, 0.6) is 11.5 Å². The monoisotopic (exact) mass is 371 g/mol. The largest absolute Gasteiger partial charge is 0.453 e. The van der Waals surface area contributed by atoms with Crippen molar-refractivity contribution in [1.29, 1.82) is 0 Å². The summed E-state index contributed by atoms with van der Waals surface area (Å²) >= 11 is 2.17. The van der Waals surface area contributed by atoms with Crippen LogP contribution in [0.15, 0.2) is 42.5 Å². The summed E-state index contributed by atoms with van der Waals surface area (Å²) in [4.78, 5) is 0. The van der Waals surface area contributed by atoms with E-state index in [0.717, 1.165) is 9.13 Å². The van der Waals surface area contributed by atoms with Gasteiger partial charge in [-0.15, -0.1) is 0 Å². The molecule has 0 aromatic heterocycles. The zero-order valence-electron chi connectivity index (χ0n) is 10.8. The Morgan fingerprint density at radius 1 is 1.16 bits per heavy atom. The smallest absolute Gasteiger partial charge is 0.167 e. The van der Waals surface area contributed by atoms with E-state index in [9.17, 15) is 4.39 Å². The van der Waals surface area contributed by atoms with Crippen LogP contribution in [0.4, 0.5) is 4.39 Å². The van der Waals surface area contributed by atoms with Gasteiger partial charge < -0.3 is 10.1 Å². The summed E-state index contributed by atoms with van der Waals surface area (Å²) in [5, 5.41) is 3.10. The molecule has 0 heterocycles. The molecule has 0 aliphatic rings. The molecule has 0 aliphatic heterocycles. The molecule has 2 rings (SSSR count). The molecular formula is C15H15FINO. The van der Waals surface area contributed by atoms with Crippen LogP contribution in [0.1, 0.15) is 18.5 Å². The molecule has 0 bridgehead atoms. The summed E-state index contributed by atoms with van der Waals surface area (Å²) in [7, 11) is 1.84. The molecule has 1 N–H and O–H groups in total. The number of ether oxygens (including phenoxy) is 1. The first-order valence-electron chi connectivity index (χ1n) is 6.01. The lowest BCUT2D eigenvalue weighted by atomic mass is 10.1. The zero-order chi connectivity index (χ0) is 13.8. The van der Waals surface area contributed by atoms with Crippen molar-refractivity contribution in [2.24, 2.45) is 0 Å². The Hall–Kier alpha value is -1.14. The van der Waals surface area contributed by atoms with E-state index in [2.05, 4.69) is 27.9 Å². The molecule has 100 valence electrons. The molecule has 0 aliphatic carbocycles. The van der Waals surface area contributed by atoms with Crippen molar-refractivity contribution in [3.63, 3.8) is 0 Å². The lowest BCUT2D eigenvalue weighted by Gasteiger charge is -2.17. The fourth-order valence-corrected chi connectivity index (χ4v) is 2.26. The average Bonchev–Trinajstić information content (AvgIpc) is 2.42. The van der Waals surface area contributed by atoms with Gasteiger partial charge in [-0.2, -0.15) is 0 Å². The molecule has 2 aromatic rings. The van der Waals surface area contributed by atoms with Crippen molar-refractivity contribution >= 4 is 22.6 Å². The number of para-hydroxylation sites is 2. The normalized spacial score (nSPS) is 12.2. The highest BCUT2D eigenvalue weighted by atomic mass is 127. The molecule has 0 saturated carbocycles. The third-order valence-corrected chi connectivity index (χ3v) is 3.84. The van der Waals surface area contributed by atoms with Crippen molar-refractivity contribution in [2.45, 2.75) is 13.0 Å². The first-order chi connectivity index (χ1) is 9.13. The van der Waals surface area contributed by atoms with Gasteiger partial charge in [0.1, 0.15) is 5.75 Å². The van der Waals surface area contributed by atoms with E-state index in [4.69, 9.17) is 4.74 Å². The van der Waals surface area contributed by atoms with Crippen LogP contribution >= 0.6 is 22.6 Å². The minimum atomic E-state index is -0.348. The summed E-state index contributed by atoms with van der Waals surface area (Å²) in [6, 6.07) is 12.6. The fraction of sp³-hybridized carbons (Fsp3) is 0.200. The maximum Gasteiger partial charge on any atom is 0.167 e. The highest BCUT2D eigenvalue weighted by Gasteiger charge is 2.16. The lowest BCUT2D eigenvalue weighted by Crippen LogP contribution is -2.13. The first kappa shape index (κ1) is 14.3. The second-order valence-electron chi connectivity index (χ2n) is 4.20. The maximum absolute atomic E-state index is 14.0. The van der Waals surface area contributed by atoms with Gasteiger partial charge >= 0.3 is 0 Å². The van der Waals surface area contributed by atoms with E-state index >= 15 is 0 Å². The quantitative estimate of drug-likeness (QED) is 0.799. The summed E-state index contributed by atoms with van der Waals surface area (Å²) in [5.74, 6) is 0.602. The van der Waals surface area contributed by atoms with Crippen molar-refractivity contribution in [3.8, 4) is 11.5 Å². The van der Waals surface area contributed by atoms with E-state index in [1.165, 1.54) is 6.07 Å². The third-order valence-electron chi connectivity index (χ3n) is 2.95. The topological polar surface area (TPSA) is 21.3 Å². The summed E-state index contributed by atoms with van der Waals surface area (Å²) in [6.45, 7) is 1.97. The van der Waals surface area contributed by atoms with Crippen molar-refractivity contribution < 1.29 is 9.13 Å². The second kappa shape index (κ2) is 6.34. The van der Waals surface area contributed by atoms with E-state index in [1.807, 2.05) is 44.3 Å². The van der Waals surface area contributed by atoms with Gasteiger partial charge in [0.25, 0.3) is 0 Å². The highest BCUT2D eigenvalue weighted by Crippen LogP contribution is 2.33. The van der Waals surface area contributed by atoms with Gasteiger partial charge in [0.05, 0.1) is 3.57 Å². The molecule has 0 saturated heterocycles. The first-order valence-corrected chi connectivity index (χ1v) is 7.09. The van der Waals surface area contributed by atoms with Crippen molar-refractivity contribution in [2.75, 3.05) is 7.05 Å². The van der Waals surface area contributed by atoms with Gasteiger partial charge in [-0.25, -0.2) is 4.39 Å². The predicted octanol–water partition coefficient (Wildman–Crippen LogP) is 4.50.